The first-order valence-electron chi connectivity index (χ1n) is 9.15. The summed E-state index contributed by atoms with van der Waals surface area (Å²) in [6.07, 6.45) is 1.26. The van der Waals surface area contributed by atoms with E-state index in [9.17, 15) is 14.4 Å². The van der Waals surface area contributed by atoms with E-state index >= 15 is 0 Å². The number of para-hydroxylation sites is 1. The Kier molecular flexibility index (Phi) is 5.64. The van der Waals surface area contributed by atoms with Gasteiger partial charge in [-0.2, -0.15) is 0 Å². The largest absolute Gasteiger partial charge is 0.468 e. The van der Waals surface area contributed by atoms with Crippen LogP contribution >= 0.6 is 0 Å². The van der Waals surface area contributed by atoms with Gasteiger partial charge in [0.05, 0.1) is 31.2 Å². The van der Waals surface area contributed by atoms with Crippen molar-refractivity contribution in [3.05, 3.63) is 40.4 Å². The number of aromatic nitrogens is 2. The molecule has 2 aromatic rings. The van der Waals surface area contributed by atoms with E-state index in [-0.39, 0.29) is 11.6 Å². The lowest BCUT2D eigenvalue weighted by molar-refractivity contribution is -0.142. The number of aryl methyl sites for hydroxylation is 1. The third-order valence-corrected chi connectivity index (χ3v) is 4.99. The van der Waals surface area contributed by atoms with Crippen LogP contribution in [0.1, 0.15) is 25.6 Å². The van der Waals surface area contributed by atoms with Gasteiger partial charge in [0.15, 0.2) is 6.04 Å². The van der Waals surface area contributed by atoms with Crippen LogP contribution in [-0.2, 0) is 25.5 Å². The molecule has 0 bridgehead atoms. The van der Waals surface area contributed by atoms with E-state index < -0.39 is 24.0 Å². The van der Waals surface area contributed by atoms with Gasteiger partial charge in [-0.3, -0.25) is 14.6 Å². The topological polar surface area (TPSA) is 117 Å². The number of hydrogen-bond acceptors (Lipinski definition) is 8. The van der Waals surface area contributed by atoms with Crippen molar-refractivity contribution in [2.75, 3.05) is 19.2 Å². The number of carbonyl (C=O) groups excluding carboxylic acids is 2. The van der Waals surface area contributed by atoms with E-state index in [0.717, 1.165) is 0 Å². The van der Waals surface area contributed by atoms with Gasteiger partial charge in [0.25, 0.3) is 5.56 Å². The Morgan fingerprint density at radius 1 is 1.25 bits per heavy atom. The standard InChI is InChI=1S/C19H24N4O5/c1-4-15-21-13-8-6-5-7-11(13)17(24)23(15)22-14(16(22)19(26)28-3)10-9-12(20)18(25)27-2/h5-8,12,14,16H,4,9-10,20H2,1-3H3/t12-,14?,16?,22?/m0/s1. The highest BCUT2D eigenvalue weighted by Crippen LogP contribution is 2.32. The van der Waals surface area contributed by atoms with E-state index in [1.165, 1.54) is 18.9 Å². The molecule has 9 nitrogen and oxygen atoms in total. The Balaban J connectivity index is 1.96. The number of esters is 2. The molecule has 1 aliphatic heterocycles. The van der Waals surface area contributed by atoms with Crippen molar-refractivity contribution in [2.24, 2.45) is 5.73 Å². The van der Waals surface area contributed by atoms with E-state index in [2.05, 4.69) is 9.72 Å². The fourth-order valence-corrected chi connectivity index (χ4v) is 3.47. The Labute approximate surface area is 162 Å². The molecule has 2 heterocycles. The number of ether oxygens (including phenoxy) is 2. The number of rotatable bonds is 7. The van der Waals surface area contributed by atoms with Crippen molar-refractivity contribution in [1.29, 1.82) is 0 Å². The summed E-state index contributed by atoms with van der Waals surface area (Å²) >= 11 is 0. The molecule has 1 aromatic heterocycles. The van der Waals surface area contributed by atoms with Crippen LogP contribution in [0.15, 0.2) is 29.1 Å². The zero-order valence-corrected chi connectivity index (χ0v) is 16.1. The maximum Gasteiger partial charge on any atom is 0.332 e. The van der Waals surface area contributed by atoms with Crippen LogP contribution in [0.3, 0.4) is 0 Å². The van der Waals surface area contributed by atoms with Crippen molar-refractivity contribution in [3.63, 3.8) is 0 Å². The van der Waals surface area contributed by atoms with E-state index in [0.29, 0.717) is 36.0 Å². The van der Waals surface area contributed by atoms with Crippen LogP contribution in [0.2, 0.25) is 0 Å². The van der Waals surface area contributed by atoms with E-state index in [4.69, 9.17) is 10.5 Å². The van der Waals surface area contributed by atoms with E-state index in [1.54, 1.807) is 23.2 Å². The number of carbonyl (C=O) groups is 2. The minimum Gasteiger partial charge on any atom is -0.468 e. The molecule has 1 saturated heterocycles. The number of nitrogens with zero attached hydrogens (tertiary/aromatic N) is 3. The van der Waals surface area contributed by atoms with Crippen molar-refractivity contribution >= 4 is 22.8 Å². The van der Waals surface area contributed by atoms with Crippen LogP contribution in [0, 0.1) is 0 Å². The summed E-state index contributed by atoms with van der Waals surface area (Å²) in [6, 6.07) is 5.36. The predicted octanol–water partition coefficient (Wildman–Crippen LogP) is 0.101. The smallest absolute Gasteiger partial charge is 0.332 e. The fraction of sp³-hybridized carbons (Fsp3) is 0.474. The molecule has 1 aromatic carbocycles. The SMILES string of the molecule is CCc1nc2ccccc2c(=O)n1N1C(CC[C@H](N)C(=O)OC)C1C(=O)OC. The molecule has 1 fully saturated rings. The van der Waals surface area contributed by atoms with Crippen LogP contribution in [-0.4, -0.2) is 53.9 Å². The summed E-state index contributed by atoms with van der Waals surface area (Å²) in [5, 5.41) is 2.14. The lowest BCUT2D eigenvalue weighted by Crippen LogP contribution is -2.36. The number of nitrogens with two attached hydrogens (primary N) is 1. The molecule has 150 valence electrons. The van der Waals surface area contributed by atoms with Crippen LogP contribution in [0.25, 0.3) is 10.9 Å². The molecule has 2 N–H and O–H groups in total. The maximum absolute atomic E-state index is 13.1. The molecular formula is C19H24N4O5. The zero-order valence-electron chi connectivity index (χ0n) is 16.1. The lowest BCUT2D eigenvalue weighted by atomic mass is 10.1. The summed E-state index contributed by atoms with van der Waals surface area (Å²) in [5.74, 6) is -0.406. The molecule has 2 unspecified atom stereocenters. The van der Waals surface area contributed by atoms with Crippen molar-refractivity contribution in [1.82, 2.24) is 9.66 Å². The summed E-state index contributed by atoms with van der Waals surface area (Å²) in [7, 11) is 2.58. The normalized spacial score (nSPS) is 19.4. The third-order valence-electron chi connectivity index (χ3n) is 4.99. The van der Waals surface area contributed by atoms with Gasteiger partial charge in [-0.25, -0.2) is 14.5 Å². The van der Waals surface area contributed by atoms with Gasteiger partial charge < -0.3 is 15.2 Å². The van der Waals surface area contributed by atoms with Gasteiger partial charge in [-0.15, -0.1) is 0 Å². The average molecular weight is 388 g/mol. The number of hydrogen-bond donors (Lipinski definition) is 1. The molecule has 3 rings (SSSR count). The maximum atomic E-state index is 13.1. The minimum atomic E-state index is -0.789. The first-order valence-corrected chi connectivity index (χ1v) is 9.15. The van der Waals surface area contributed by atoms with Gasteiger partial charge in [0.1, 0.15) is 11.9 Å². The van der Waals surface area contributed by atoms with Crippen LogP contribution < -0.4 is 16.3 Å². The number of methoxy groups -OCH3 is 2. The van der Waals surface area contributed by atoms with Crippen molar-refractivity contribution in [3.8, 4) is 0 Å². The highest BCUT2D eigenvalue weighted by molar-refractivity contribution is 5.85. The molecular weight excluding hydrogens is 364 g/mol. The van der Waals surface area contributed by atoms with Gasteiger partial charge in [0, 0.05) is 6.42 Å². The quantitative estimate of drug-likeness (QED) is 0.524. The highest BCUT2D eigenvalue weighted by Gasteiger charge is 2.55. The Morgan fingerprint density at radius 3 is 2.61 bits per heavy atom. The average Bonchev–Trinajstić information content (AvgIpc) is 3.43. The predicted molar refractivity (Wildman–Crippen MR) is 102 cm³/mol. The second-order valence-electron chi connectivity index (χ2n) is 6.64. The summed E-state index contributed by atoms with van der Waals surface area (Å²) in [4.78, 5) is 41.5. The molecule has 9 heteroatoms. The molecule has 0 aliphatic carbocycles. The minimum absolute atomic E-state index is 0.240. The molecule has 0 amide bonds. The third kappa shape index (κ3) is 3.45. The molecule has 28 heavy (non-hydrogen) atoms. The fourth-order valence-electron chi connectivity index (χ4n) is 3.47. The Morgan fingerprint density at radius 2 is 1.96 bits per heavy atom. The van der Waals surface area contributed by atoms with Gasteiger partial charge in [-0.05, 0) is 25.0 Å². The van der Waals surface area contributed by atoms with Crippen LogP contribution in [0.5, 0.6) is 0 Å². The molecule has 0 radical (unpaired) electrons. The second-order valence-corrected chi connectivity index (χ2v) is 6.64. The number of fused-ring (bicyclic) bond motifs is 1. The molecule has 3 atom stereocenters. The first-order chi connectivity index (χ1) is 13.4. The molecule has 0 spiro atoms. The van der Waals surface area contributed by atoms with Gasteiger partial charge in [-0.1, -0.05) is 19.1 Å². The first kappa shape index (κ1) is 19.8. The highest BCUT2D eigenvalue weighted by atomic mass is 16.5. The number of benzene rings is 1. The Bertz CT molecular complexity index is 957. The van der Waals surface area contributed by atoms with Crippen molar-refractivity contribution in [2.45, 2.75) is 44.3 Å². The lowest BCUT2D eigenvalue weighted by Gasteiger charge is -2.15. The Hall–Kier alpha value is -2.94. The second kappa shape index (κ2) is 7.97. The van der Waals surface area contributed by atoms with Gasteiger partial charge >= 0.3 is 11.9 Å². The zero-order chi connectivity index (χ0) is 20.4. The summed E-state index contributed by atoms with van der Waals surface area (Å²) < 4.78 is 11.0. The molecule has 1 aliphatic rings. The van der Waals surface area contributed by atoms with Crippen molar-refractivity contribution < 1.29 is 19.1 Å². The summed E-state index contributed by atoms with van der Waals surface area (Å²) in [6.45, 7) is 1.89. The van der Waals surface area contributed by atoms with Gasteiger partial charge in [0.2, 0.25) is 0 Å². The summed E-state index contributed by atoms with van der Waals surface area (Å²) in [5.41, 5.74) is 6.18. The van der Waals surface area contributed by atoms with E-state index in [1.807, 2.05) is 13.0 Å². The van der Waals surface area contributed by atoms with Crippen LogP contribution in [0.4, 0.5) is 0 Å². The molecule has 0 saturated carbocycles. The monoisotopic (exact) mass is 388 g/mol.